The third-order valence-corrected chi connectivity index (χ3v) is 3.66. The largest absolute Gasteiger partial charge is 0.464 e. The Morgan fingerprint density at radius 2 is 2.29 bits per heavy atom. The Labute approximate surface area is 102 Å². The lowest BCUT2D eigenvalue weighted by atomic mass is 9.84. The first-order valence-electron chi connectivity index (χ1n) is 6.24. The molecular weight excluding hydrogens is 218 g/mol. The summed E-state index contributed by atoms with van der Waals surface area (Å²) in [7, 11) is 1.42. The molecule has 2 unspecified atom stereocenters. The maximum absolute atomic E-state index is 11.8. The number of hydrazone groups is 1. The van der Waals surface area contributed by atoms with Crippen LogP contribution < -0.4 is 5.32 Å². The molecule has 2 rings (SSSR count). The highest BCUT2D eigenvalue weighted by molar-refractivity contribution is 6.38. The van der Waals surface area contributed by atoms with Gasteiger partial charge in [0.15, 0.2) is 5.71 Å². The molecule has 0 bridgehead atoms. The van der Waals surface area contributed by atoms with Crippen molar-refractivity contribution in [2.24, 2.45) is 11.0 Å². The standard InChI is InChI=1S/C12H21N3O2/c1-7(2)15-9-5-6-13-8(3)10(9)11(14-15)12(16)17-4/h7-10,13H,5-6H2,1-4H3/t8-,9?,10?/m0/s1. The molecule has 1 fully saturated rings. The summed E-state index contributed by atoms with van der Waals surface area (Å²) in [5.74, 6) is -0.141. The predicted octanol–water partition coefficient (Wildman–Crippen LogP) is 0.606. The molecule has 5 heteroatoms. The molecule has 2 aliphatic heterocycles. The molecule has 0 aromatic rings. The molecule has 0 amide bonds. The van der Waals surface area contributed by atoms with Gasteiger partial charge in [0.05, 0.1) is 13.2 Å². The molecule has 0 aromatic heterocycles. The number of piperidine rings is 1. The third kappa shape index (κ3) is 2.04. The number of hydrogen-bond donors (Lipinski definition) is 1. The van der Waals surface area contributed by atoms with Crippen molar-refractivity contribution in [1.29, 1.82) is 0 Å². The number of ether oxygens (including phenoxy) is 1. The molecule has 17 heavy (non-hydrogen) atoms. The number of carbonyl (C=O) groups excluding carboxylic acids is 1. The average Bonchev–Trinajstić information content (AvgIpc) is 2.69. The highest BCUT2D eigenvalue weighted by atomic mass is 16.5. The maximum Gasteiger partial charge on any atom is 0.354 e. The van der Waals surface area contributed by atoms with Crippen LogP contribution in [-0.2, 0) is 9.53 Å². The molecule has 0 aliphatic carbocycles. The van der Waals surface area contributed by atoms with Crippen molar-refractivity contribution in [3.63, 3.8) is 0 Å². The minimum Gasteiger partial charge on any atom is -0.464 e. The van der Waals surface area contributed by atoms with E-state index in [1.165, 1.54) is 7.11 Å². The van der Waals surface area contributed by atoms with Gasteiger partial charge in [-0.25, -0.2) is 4.79 Å². The molecule has 2 heterocycles. The van der Waals surface area contributed by atoms with Crippen molar-refractivity contribution in [1.82, 2.24) is 10.3 Å². The van der Waals surface area contributed by atoms with Gasteiger partial charge in [-0.1, -0.05) is 0 Å². The summed E-state index contributed by atoms with van der Waals surface area (Å²) in [5, 5.41) is 9.96. The van der Waals surface area contributed by atoms with E-state index in [9.17, 15) is 4.79 Å². The third-order valence-electron chi connectivity index (χ3n) is 3.66. The SMILES string of the molecule is COC(=O)C1=NN(C(C)C)C2CCN[C@@H](C)C12. The molecule has 5 nitrogen and oxygen atoms in total. The van der Waals surface area contributed by atoms with Crippen LogP contribution in [0.4, 0.5) is 0 Å². The Balaban J connectivity index is 2.29. The van der Waals surface area contributed by atoms with Crippen LogP contribution in [0.2, 0.25) is 0 Å². The molecule has 1 N–H and O–H groups in total. The van der Waals surface area contributed by atoms with E-state index in [2.05, 4.69) is 36.2 Å². The van der Waals surface area contributed by atoms with Gasteiger partial charge in [-0.15, -0.1) is 0 Å². The topological polar surface area (TPSA) is 53.9 Å². The number of carbonyl (C=O) groups is 1. The normalized spacial score (nSPS) is 32.4. The predicted molar refractivity (Wildman–Crippen MR) is 65.8 cm³/mol. The van der Waals surface area contributed by atoms with Crippen molar-refractivity contribution in [3.8, 4) is 0 Å². The second kappa shape index (κ2) is 4.64. The Kier molecular flexibility index (Phi) is 3.38. The van der Waals surface area contributed by atoms with Crippen molar-refractivity contribution in [2.75, 3.05) is 13.7 Å². The molecule has 96 valence electrons. The van der Waals surface area contributed by atoms with Crippen molar-refractivity contribution in [3.05, 3.63) is 0 Å². The Hall–Kier alpha value is -1.10. The summed E-state index contributed by atoms with van der Waals surface area (Å²) < 4.78 is 4.84. The minimum atomic E-state index is -0.293. The van der Waals surface area contributed by atoms with Crippen LogP contribution >= 0.6 is 0 Å². The quantitative estimate of drug-likeness (QED) is 0.717. The zero-order valence-electron chi connectivity index (χ0n) is 10.9. The number of rotatable bonds is 2. The molecule has 3 atom stereocenters. The van der Waals surface area contributed by atoms with Gasteiger partial charge in [-0.3, -0.25) is 5.01 Å². The summed E-state index contributed by atoms with van der Waals surface area (Å²) >= 11 is 0. The summed E-state index contributed by atoms with van der Waals surface area (Å²) in [6.07, 6.45) is 1.02. The molecule has 2 aliphatic rings. The number of hydrogen-bond acceptors (Lipinski definition) is 5. The van der Waals surface area contributed by atoms with E-state index in [0.29, 0.717) is 17.8 Å². The molecule has 0 radical (unpaired) electrons. The van der Waals surface area contributed by atoms with Gasteiger partial charge in [0, 0.05) is 18.0 Å². The van der Waals surface area contributed by atoms with Crippen LogP contribution in [-0.4, -0.2) is 48.5 Å². The Morgan fingerprint density at radius 1 is 1.59 bits per heavy atom. The van der Waals surface area contributed by atoms with Crippen LogP contribution in [0.5, 0.6) is 0 Å². The van der Waals surface area contributed by atoms with Gasteiger partial charge in [-0.2, -0.15) is 5.10 Å². The van der Waals surface area contributed by atoms with Crippen molar-refractivity contribution < 1.29 is 9.53 Å². The Bertz CT molecular complexity index is 341. The first-order chi connectivity index (χ1) is 8.06. The number of nitrogens with zero attached hydrogens (tertiary/aromatic N) is 2. The molecule has 1 saturated heterocycles. The lowest BCUT2D eigenvalue weighted by Crippen LogP contribution is -2.53. The Morgan fingerprint density at radius 3 is 2.88 bits per heavy atom. The second-order valence-corrected chi connectivity index (χ2v) is 5.08. The van der Waals surface area contributed by atoms with E-state index in [1.807, 2.05) is 0 Å². The average molecular weight is 239 g/mol. The first kappa shape index (κ1) is 12.4. The van der Waals surface area contributed by atoms with Gasteiger partial charge < -0.3 is 10.1 Å². The fourth-order valence-corrected chi connectivity index (χ4v) is 2.86. The highest BCUT2D eigenvalue weighted by Gasteiger charge is 2.46. The summed E-state index contributed by atoms with van der Waals surface area (Å²) in [5.41, 5.74) is 0.575. The second-order valence-electron chi connectivity index (χ2n) is 5.08. The van der Waals surface area contributed by atoms with Gasteiger partial charge in [-0.05, 0) is 33.7 Å². The summed E-state index contributed by atoms with van der Waals surface area (Å²) in [6, 6.07) is 0.922. The lowest BCUT2D eigenvalue weighted by molar-refractivity contribution is -0.133. The molecule has 0 saturated carbocycles. The van der Waals surface area contributed by atoms with Crippen molar-refractivity contribution >= 4 is 11.7 Å². The van der Waals surface area contributed by atoms with E-state index >= 15 is 0 Å². The summed E-state index contributed by atoms with van der Waals surface area (Å²) in [6.45, 7) is 7.30. The minimum absolute atomic E-state index is 0.151. The zero-order chi connectivity index (χ0) is 12.6. The first-order valence-corrected chi connectivity index (χ1v) is 6.24. The fraction of sp³-hybridized carbons (Fsp3) is 0.833. The summed E-state index contributed by atoms with van der Waals surface area (Å²) in [4.78, 5) is 11.8. The van der Waals surface area contributed by atoms with Gasteiger partial charge in [0.2, 0.25) is 0 Å². The van der Waals surface area contributed by atoms with Gasteiger partial charge in [0.1, 0.15) is 0 Å². The number of nitrogens with one attached hydrogen (secondary N) is 1. The van der Waals surface area contributed by atoms with Crippen molar-refractivity contribution in [2.45, 2.75) is 45.3 Å². The van der Waals surface area contributed by atoms with E-state index in [1.54, 1.807) is 0 Å². The smallest absolute Gasteiger partial charge is 0.354 e. The van der Waals surface area contributed by atoms with Crippen LogP contribution in [0.3, 0.4) is 0 Å². The number of esters is 1. The maximum atomic E-state index is 11.8. The monoisotopic (exact) mass is 239 g/mol. The lowest BCUT2D eigenvalue weighted by Gasteiger charge is -2.37. The van der Waals surface area contributed by atoms with Crippen LogP contribution in [0.15, 0.2) is 5.10 Å². The number of fused-ring (bicyclic) bond motifs is 1. The van der Waals surface area contributed by atoms with Crippen LogP contribution in [0.1, 0.15) is 27.2 Å². The van der Waals surface area contributed by atoms with Gasteiger partial charge in [0.25, 0.3) is 0 Å². The molecule has 0 aromatic carbocycles. The van der Waals surface area contributed by atoms with Crippen LogP contribution in [0.25, 0.3) is 0 Å². The molecular formula is C12H21N3O2. The van der Waals surface area contributed by atoms with E-state index in [0.717, 1.165) is 13.0 Å². The molecule has 0 spiro atoms. The number of methoxy groups -OCH3 is 1. The van der Waals surface area contributed by atoms with E-state index < -0.39 is 0 Å². The van der Waals surface area contributed by atoms with Crippen LogP contribution in [0, 0.1) is 5.92 Å². The zero-order valence-corrected chi connectivity index (χ0v) is 10.9. The van der Waals surface area contributed by atoms with Gasteiger partial charge >= 0.3 is 5.97 Å². The highest BCUT2D eigenvalue weighted by Crippen LogP contribution is 2.32. The van der Waals surface area contributed by atoms with E-state index in [-0.39, 0.29) is 17.9 Å². The fourth-order valence-electron chi connectivity index (χ4n) is 2.86. The van der Waals surface area contributed by atoms with E-state index in [4.69, 9.17) is 4.74 Å².